The molecule has 0 radical (unpaired) electrons. The summed E-state index contributed by atoms with van der Waals surface area (Å²) in [4.78, 5) is 56.0. The number of carbonyl (C=O) groups is 3. The Bertz CT molecular complexity index is 1730. The molecule has 0 spiro atoms. The van der Waals surface area contributed by atoms with E-state index in [-0.39, 0.29) is 23.8 Å². The van der Waals surface area contributed by atoms with E-state index in [9.17, 15) is 19.2 Å². The van der Waals surface area contributed by atoms with Crippen molar-refractivity contribution in [2.24, 2.45) is 7.05 Å². The number of nitrogens with zero attached hydrogens (tertiary/aromatic N) is 4. The maximum atomic E-state index is 13.3. The van der Waals surface area contributed by atoms with Gasteiger partial charge in [-0.15, -0.1) is 0 Å². The van der Waals surface area contributed by atoms with E-state index in [2.05, 4.69) is 15.1 Å². The molecule has 3 amide bonds. The maximum absolute atomic E-state index is 13.3. The Balaban J connectivity index is 1.15. The summed E-state index contributed by atoms with van der Waals surface area (Å²) >= 11 is 0. The Morgan fingerprint density at radius 3 is 2.22 bits per heavy atom. The molecule has 11 heteroatoms. The fourth-order valence-electron chi connectivity index (χ4n) is 6.69. The van der Waals surface area contributed by atoms with Crippen molar-refractivity contribution in [3.8, 4) is 22.6 Å². The van der Waals surface area contributed by atoms with Crippen LogP contribution in [0, 0.1) is 13.8 Å². The number of piperazine rings is 1. The molecule has 1 N–H and O–H groups in total. The quantitative estimate of drug-likeness (QED) is 0.405. The number of amides is 3. The number of benzene rings is 2. The van der Waals surface area contributed by atoms with Crippen molar-refractivity contribution < 1.29 is 23.9 Å². The lowest BCUT2D eigenvalue weighted by Gasteiger charge is -2.36. The number of fused-ring (bicyclic) bond motifs is 1. The number of piperidine rings is 1. The highest BCUT2D eigenvalue weighted by atomic mass is 16.5. The molecule has 0 bridgehead atoms. The minimum absolute atomic E-state index is 0.00775. The zero-order valence-corrected chi connectivity index (χ0v) is 26.4. The Morgan fingerprint density at radius 1 is 0.889 bits per heavy atom. The largest absolute Gasteiger partial charge is 0.496 e. The van der Waals surface area contributed by atoms with E-state index in [1.807, 2.05) is 50.2 Å². The number of nitrogens with one attached hydrogen (secondary N) is 1. The van der Waals surface area contributed by atoms with Crippen LogP contribution in [0.1, 0.15) is 45.6 Å². The normalized spacial score (nSPS) is 18.7. The summed E-state index contributed by atoms with van der Waals surface area (Å²) in [6, 6.07) is 11.3. The van der Waals surface area contributed by atoms with E-state index >= 15 is 0 Å². The topological polar surface area (TPSA) is 113 Å². The first-order valence-corrected chi connectivity index (χ1v) is 15.3. The molecule has 2 aromatic carbocycles. The second kappa shape index (κ2) is 12.0. The summed E-state index contributed by atoms with van der Waals surface area (Å²) in [5, 5.41) is 2.36. The first-order valence-electron chi connectivity index (χ1n) is 15.3. The Morgan fingerprint density at radius 2 is 1.58 bits per heavy atom. The fourth-order valence-corrected chi connectivity index (χ4v) is 6.69. The van der Waals surface area contributed by atoms with Crippen molar-refractivity contribution in [3.05, 3.63) is 74.7 Å². The molecule has 0 saturated carbocycles. The van der Waals surface area contributed by atoms with Gasteiger partial charge in [0.1, 0.15) is 17.5 Å². The van der Waals surface area contributed by atoms with Crippen molar-refractivity contribution >= 4 is 23.4 Å². The molecule has 1 unspecified atom stereocenters. The minimum Gasteiger partial charge on any atom is -0.496 e. The lowest BCUT2D eigenvalue weighted by atomic mass is 9.99. The highest BCUT2D eigenvalue weighted by molar-refractivity contribution is 6.05. The fraction of sp³-hybridized carbons (Fsp3) is 0.412. The molecule has 45 heavy (non-hydrogen) atoms. The van der Waals surface area contributed by atoms with E-state index in [0.29, 0.717) is 30.6 Å². The molecule has 1 aromatic heterocycles. The summed E-state index contributed by atoms with van der Waals surface area (Å²) < 4.78 is 13.4. The van der Waals surface area contributed by atoms with E-state index < -0.39 is 11.9 Å². The predicted molar refractivity (Wildman–Crippen MR) is 170 cm³/mol. The summed E-state index contributed by atoms with van der Waals surface area (Å²) in [5.74, 6) is 0.613. The van der Waals surface area contributed by atoms with Crippen LogP contribution < -0.4 is 25.2 Å². The van der Waals surface area contributed by atoms with Gasteiger partial charge in [0.2, 0.25) is 11.8 Å². The van der Waals surface area contributed by atoms with Crippen LogP contribution in [0.2, 0.25) is 0 Å². The van der Waals surface area contributed by atoms with E-state index in [0.717, 1.165) is 71.3 Å². The first kappa shape index (κ1) is 30.4. The van der Waals surface area contributed by atoms with Crippen LogP contribution in [0.3, 0.4) is 0 Å². The molecule has 3 aliphatic heterocycles. The smallest absolute Gasteiger partial charge is 0.255 e. The summed E-state index contributed by atoms with van der Waals surface area (Å²) in [5.41, 5.74) is 6.90. The van der Waals surface area contributed by atoms with E-state index in [1.165, 1.54) is 0 Å². The van der Waals surface area contributed by atoms with Gasteiger partial charge in [-0.25, -0.2) is 0 Å². The monoisotopic (exact) mass is 613 g/mol. The minimum atomic E-state index is -0.618. The number of aryl methyl sites for hydroxylation is 1. The second-order valence-electron chi connectivity index (χ2n) is 12.1. The number of carbonyl (C=O) groups excluding carboxylic acids is 3. The third-order valence-electron chi connectivity index (χ3n) is 9.45. The van der Waals surface area contributed by atoms with Crippen LogP contribution >= 0.6 is 0 Å². The van der Waals surface area contributed by atoms with E-state index in [1.54, 1.807) is 30.7 Å². The number of ether oxygens (including phenoxy) is 2. The lowest BCUT2D eigenvalue weighted by Crippen LogP contribution is -2.52. The molecule has 4 heterocycles. The van der Waals surface area contributed by atoms with Crippen LogP contribution in [0.25, 0.3) is 11.1 Å². The molecule has 6 rings (SSSR count). The van der Waals surface area contributed by atoms with Crippen LogP contribution in [0.5, 0.6) is 11.5 Å². The van der Waals surface area contributed by atoms with Crippen molar-refractivity contribution in [2.45, 2.75) is 45.8 Å². The van der Waals surface area contributed by atoms with Gasteiger partial charge in [-0.2, -0.15) is 0 Å². The van der Waals surface area contributed by atoms with Crippen LogP contribution in [-0.2, 0) is 29.7 Å². The van der Waals surface area contributed by atoms with Crippen LogP contribution in [0.4, 0.5) is 5.69 Å². The van der Waals surface area contributed by atoms with Gasteiger partial charge in [0.15, 0.2) is 0 Å². The summed E-state index contributed by atoms with van der Waals surface area (Å²) in [6.45, 7) is 7.96. The number of imide groups is 1. The van der Waals surface area contributed by atoms with Gasteiger partial charge in [0, 0.05) is 80.8 Å². The molecule has 11 nitrogen and oxygen atoms in total. The summed E-state index contributed by atoms with van der Waals surface area (Å²) in [7, 11) is 5.11. The average Bonchev–Trinajstić information content (AvgIpc) is 3.37. The molecule has 3 aliphatic rings. The second-order valence-corrected chi connectivity index (χ2v) is 12.1. The summed E-state index contributed by atoms with van der Waals surface area (Å²) in [6.07, 6.45) is 0.590. The number of hydrogen-bond donors (Lipinski definition) is 1. The van der Waals surface area contributed by atoms with Crippen molar-refractivity contribution in [3.63, 3.8) is 0 Å². The molecule has 236 valence electrons. The third kappa shape index (κ3) is 5.56. The molecule has 2 saturated heterocycles. The predicted octanol–water partition coefficient (Wildman–Crippen LogP) is 2.77. The molecular weight excluding hydrogens is 574 g/mol. The van der Waals surface area contributed by atoms with Gasteiger partial charge in [-0.05, 0) is 61.7 Å². The standard InChI is InChI=1S/C34H39N5O6/c1-20-14-25(21(2)36(3)33(20)42)23-15-29(44-4)27(30(16-23)45-5)19-37-10-12-38(13-11-37)24-7-6-22-18-39(34(43)26(22)17-24)28-8-9-31(40)35-32(28)41/h6-7,14-17,28H,8-13,18-19H2,1-5H3,(H,35,40,41). The van der Waals surface area contributed by atoms with E-state index in [4.69, 9.17) is 9.47 Å². The number of rotatable bonds is 7. The number of anilines is 1. The Hall–Kier alpha value is -4.64. The number of hydrogen-bond acceptors (Lipinski definition) is 8. The zero-order valence-electron chi connectivity index (χ0n) is 26.4. The van der Waals surface area contributed by atoms with Gasteiger partial charge in [-0.1, -0.05) is 6.07 Å². The lowest BCUT2D eigenvalue weighted by molar-refractivity contribution is -0.136. The zero-order chi connectivity index (χ0) is 32.0. The average molecular weight is 614 g/mol. The molecule has 1 atom stereocenters. The first-order chi connectivity index (χ1) is 21.6. The van der Waals surface area contributed by atoms with Gasteiger partial charge in [0.25, 0.3) is 11.5 Å². The number of aromatic nitrogens is 1. The molecule has 0 aliphatic carbocycles. The molecule has 2 fully saturated rings. The van der Waals surface area contributed by atoms with Crippen molar-refractivity contribution in [2.75, 3.05) is 45.3 Å². The highest BCUT2D eigenvalue weighted by Gasteiger charge is 2.39. The number of methoxy groups -OCH3 is 2. The van der Waals surface area contributed by atoms with Gasteiger partial charge in [0.05, 0.1) is 19.8 Å². The van der Waals surface area contributed by atoms with Gasteiger partial charge >= 0.3 is 0 Å². The Kier molecular flexibility index (Phi) is 8.13. The molecular formula is C34H39N5O6. The van der Waals surface area contributed by atoms with Crippen molar-refractivity contribution in [1.82, 2.24) is 19.7 Å². The maximum Gasteiger partial charge on any atom is 0.255 e. The number of pyridine rings is 1. The Labute approximate surface area is 262 Å². The van der Waals surface area contributed by atoms with Crippen LogP contribution in [-0.4, -0.2) is 78.5 Å². The SMILES string of the molecule is COc1cc(-c2cc(C)c(=O)n(C)c2C)cc(OC)c1CN1CCN(c2ccc3c(c2)C(=O)N(C2CCC(=O)NC2=O)C3)CC1. The highest BCUT2D eigenvalue weighted by Crippen LogP contribution is 2.37. The van der Waals surface area contributed by atoms with Crippen molar-refractivity contribution in [1.29, 1.82) is 0 Å². The third-order valence-corrected chi connectivity index (χ3v) is 9.45. The molecule has 3 aromatic rings. The van der Waals surface area contributed by atoms with Crippen LogP contribution in [0.15, 0.2) is 41.2 Å². The van der Waals surface area contributed by atoms with Gasteiger partial charge < -0.3 is 23.8 Å². The van der Waals surface area contributed by atoms with Gasteiger partial charge in [-0.3, -0.25) is 29.4 Å².